The summed E-state index contributed by atoms with van der Waals surface area (Å²) in [5.74, 6) is -0.813. The summed E-state index contributed by atoms with van der Waals surface area (Å²) in [5.41, 5.74) is 0. The number of carboxylic acid groups (broad SMARTS) is 1. The van der Waals surface area contributed by atoms with E-state index in [1.54, 1.807) is 11.8 Å². The van der Waals surface area contributed by atoms with Crippen molar-refractivity contribution in [1.29, 1.82) is 0 Å². The molecule has 2 N–H and O–H groups in total. The van der Waals surface area contributed by atoms with Crippen molar-refractivity contribution in [3.05, 3.63) is 0 Å². The molecule has 2 atom stereocenters. The lowest BCUT2D eigenvalue weighted by Gasteiger charge is -2.23. The van der Waals surface area contributed by atoms with Crippen LogP contribution in [0.1, 0.15) is 46.0 Å². The van der Waals surface area contributed by atoms with Gasteiger partial charge in [0.1, 0.15) is 0 Å². The highest BCUT2D eigenvalue weighted by molar-refractivity contribution is 8.00. The van der Waals surface area contributed by atoms with E-state index in [2.05, 4.69) is 5.32 Å². The molecule has 1 fully saturated rings. The van der Waals surface area contributed by atoms with Gasteiger partial charge in [-0.05, 0) is 18.1 Å². The van der Waals surface area contributed by atoms with Crippen molar-refractivity contribution in [3.8, 4) is 0 Å². The Morgan fingerprint density at radius 3 is 2.56 bits per heavy atom. The number of rotatable bonds is 5. The lowest BCUT2D eigenvalue weighted by molar-refractivity contribution is -0.143. The summed E-state index contributed by atoms with van der Waals surface area (Å²) in [5, 5.41) is 12.5. The topological polar surface area (TPSA) is 66.4 Å². The first-order valence-corrected chi connectivity index (χ1v) is 7.69. The third kappa shape index (κ3) is 5.29. The molecule has 0 aromatic rings. The Morgan fingerprint density at radius 2 is 1.94 bits per heavy atom. The number of hydrogen-bond acceptors (Lipinski definition) is 3. The summed E-state index contributed by atoms with van der Waals surface area (Å²) in [4.78, 5) is 23.0. The minimum Gasteiger partial charge on any atom is -0.481 e. The van der Waals surface area contributed by atoms with Gasteiger partial charge >= 0.3 is 5.97 Å². The molecule has 0 spiro atoms. The van der Waals surface area contributed by atoms with Crippen LogP contribution >= 0.6 is 11.8 Å². The Morgan fingerprint density at radius 1 is 1.28 bits per heavy atom. The number of hydrogen-bond donors (Lipinski definition) is 2. The molecule has 2 unspecified atom stereocenters. The molecule has 104 valence electrons. The zero-order valence-electron chi connectivity index (χ0n) is 11.1. The third-order valence-corrected chi connectivity index (χ3v) is 4.32. The highest BCUT2D eigenvalue weighted by Gasteiger charge is 2.30. The minimum atomic E-state index is -0.779. The monoisotopic (exact) mass is 273 g/mol. The van der Waals surface area contributed by atoms with Gasteiger partial charge in [-0.3, -0.25) is 9.59 Å². The molecular weight excluding hydrogens is 250 g/mol. The Bertz CT molecular complexity index is 294. The lowest BCUT2D eigenvalue weighted by Crippen LogP contribution is -2.43. The smallest absolute Gasteiger partial charge is 0.308 e. The molecule has 0 radical (unpaired) electrons. The second kappa shape index (κ2) is 7.67. The molecule has 18 heavy (non-hydrogen) atoms. The molecule has 1 rings (SSSR count). The molecule has 0 aliphatic heterocycles. The van der Waals surface area contributed by atoms with Crippen molar-refractivity contribution < 1.29 is 14.7 Å². The van der Waals surface area contributed by atoms with E-state index in [9.17, 15) is 14.7 Å². The fourth-order valence-electron chi connectivity index (χ4n) is 2.27. The molecular formula is C13H23NO3S. The van der Waals surface area contributed by atoms with Crippen LogP contribution in [0.5, 0.6) is 0 Å². The van der Waals surface area contributed by atoms with Crippen molar-refractivity contribution in [3.63, 3.8) is 0 Å². The summed E-state index contributed by atoms with van der Waals surface area (Å²) >= 11 is 1.58. The minimum absolute atomic E-state index is 0.0353. The molecule has 1 amide bonds. The first-order chi connectivity index (χ1) is 8.50. The van der Waals surface area contributed by atoms with Gasteiger partial charge in [0.2, 0.25) is 5.91 Å². The highest BCUT2D eigenvalue weighted by atomic mass is 32.2. The largest absolute Gasteiger partial charge is 0.481 e. The van der Waals surface area contributed by atoms with Gasteiger partial charge in [0.05, 0.1) is 11.7 Å². The van der Waals surface area contributed by atoms with Crippen LogP contribution < -0.4 is 5.32 Å². The number of thioether (sulfide) groups is 1. The maximum Gasteiger partial charge on any atom is 0.308 e. The second-order valence-electron chi connectivity index (χ2n) is 5.12. The predicted octanol–water partition coefficient (Wildman–Crippen LogP) is 2.28. The number of carbonyl (C=O) groups excluding carboxylic acids is 1. The van der Waals surface area contributed by atoms with Crippen molar-refractivity contribution in [2.45, 2.75) is 57.2 Å². The summed E-state index contributed by atoms with van der Waals surface area (Å²) in [6.45, 7) is 4.09. The van der Waals surface area contributed by atoms with E-state index >= 15 is 0 Å². The molecule has 4 nitrogen and oxygen atoms in total. The molecule has 0 heterocycles. The number of aliphatic carboxylic acids is 1. The molecule has 1 aliphatic rings. The molecule has 5 heteroatoms. The van der Waals surface area contributed by atoms with E-state index in [4.69, 9.17) is 0 Å². The second-order valence-corrected chi connectivity index (χ2v) is 6.68. The first kappa shape index (κ1) is 15.3. The maximum absolute atomic E-state index is 11.8. The summed E-state index contributed by atoms with van der Waals surface area (Å²) in [6.07, 6.45) is 4.49. The molecule has 0 bridgehead atoms. The van der Waals surface area contributed by atoms with Gasteiger partial charge in [-0.25, -0.2) is 0 Å². The summed E-state index contributed by atoms with van der Waals surface area (Å²) in [7, 11) is 0. The number of nitrogens with one attached hydrogen (secondary N) is 1. The Kier molecular flexibility index (Phi) is 6.54. The van der Waals surface area contributed by atoms with Crippen molar-refractivity contribution >= 4 is 23.6 Å². The van der Waals surface area contributed by atoms with E-state index in [-0.39, 0.29) is 11.9 Å². The normalized spacial score (nSPS) is 24.6. The maximum atomic E-state index is 11.8. The van der Waals surface area contributed by atoms with Gasteiger partial charge in [-0.15, -0.1) is 11.8 Å². The predicted molar refractivity (Wildman–Crippen MR) is 73.7 cm³/mol. The van der Waals surface area contributed by atoms with Crippen LogP contribution in [0.4, 0.5) is 0 Å². The van der Waals surface area contributed by atoms with Gasteiger partial charge in [-0.1, -0.05) is 33.1 Å². The van der Waals surface area contributed by atoms with E-state index in [0.717, 1.165) is 25.7 Å². The van der Waals surface area contributed by atoms with E-state index < -0.39 is 11.9 Å². The summed E-state index contributed by atoms with van der Waals surface area (Å²) < 4.78 is 0. The standard InChI is InChI=1S/C13H23NO3S/c1-9(2)18-8-12(15)14-11-7-5-3-4-6-10(11)13(16)17/h9-11H,3-8H2,1-2H3,(H,14,15)(H,16,17). The highest BCUT2D eigenvalue weighted by Crippen LogP contribution is 2.24. The molecule has 1 aliphatic carbocycles. The zero-order valence-corrected chi connectivity index (χ0v) is 12.0. The van der Waals surface area contributed by atoms with Crippen LogP contribution in [0.3, 0.4) is 0 Å². The zero-order chi connectivity index (χ0) is 13.5. The van der Waals surface area contributed by atoms with Crippen molar-refractivity contribution in [2.75, 3.05) is 5.75 Å². The number of amides is 1. The Labute approximate surface area is 113 Å². The van der Waals surface area contributed by atoms with Crippen LogP contribution in [0.15, 0.2) is 0 Å². The number of carbonyl (C=O) groups is 2. The lowest BCUT2D eigenvalue weighted by atomic mass is 9.95. The van der Waals surface area contributed by atoms with Gasteiger partial charge in [0, 0.05) is 6.04 Å². The van der Waals surface area contributed by atoms with E-state index in [0.29, 0.717) is 17.4 Å². The van der Waals surface area contributed by atoms with E-state index in [1.807, 2.05) is 13.8 Å². The van der Waals surface area contributed by atoms with Crippen LogP contribution in [0.25, 0.3) is 0 Å². The molecule has 0 aromatic heterocycles. The van der Waals surface area contributed by atoms with Gasteiger partial charge in [-0.2, -0.15) is 0 Å². The molecule has 0 aromatic carbocycles. The molecule has 1 saturated carbocycles. The van der Waals surface area contributed by atoms with Crippen LogP contribution in [0, 0.1) is 5.92 Å². The average Bonchev–Trinajstić information content (AvgIpc) is 2.51. The van der Waals surface area contributed by atoms with Gasteiger partial charge < -0.3 is 10.4 Å². The average molecular weight is 273 g/mol. The molecule has 0 saturated heterocycles. The van der Waals surface area contributed by atoms with E-state index in [1.165, 1.54) is 0 Å². The Balaban J connectivity index is 2.49. The fraction of sp³-hybridized carbons (Fsp3) is 0.846. The van der Waals surface area contributed by atoms with Crippen molar-refractivity contribution in [2.24, 2.45) is 5.92 Å². The Hall–Kier alpha value is -0.710. The van der Waals surface area contributed by atoms with Crippen LogP contribution in [-0.2, 0) is 9.59 Å². The fourth-order valence-corrected chi connectivity index (χ4v) is 2.83. The summed E-state index contributed by atoms with van der Waals surface area (Å²) in [6, 6.07) is -0.190. The van der Waals surface area contributed by atoms with Gasteiger partial charge in [0.25, 0.3) is 0 Å². The van der Waals surface area contributed by atoms with Crippen LogP contribution in [-0.4, -0.2) is 34.0 Å². The van der Waals surface area contributed by atoms with Gasteiger partial charge in [0.15, 0.2) is 0 Å². The SMILES string of the molecule is CC(C)SCC(=O)NC1CCCCCC1C(=O)O. The van der Waals surface area contributed by atoms with Crippen LogP contribution in [0.2, 0.25) is 0 Å². The third-order valence-electron chi connectivity index (χ3n) is 3.23. The number of carboxylic acids is 1. The quantitative estimate of drug-likeness (QED) is 0.754. The first-order valence-electron chi connectivity index (χ1n) is 6.64. The van der Waals surface area contributed by atoms with Crippen molar-refractivity contribution in [1.82, 2.24) is 5.32 Å².